The first-order valence-electron chi connectivity index (χ1n) is 4.90. The van der Waals surface area contributed by atoms with Crippen molar-refractivity contribution in [3.8, 4) is 5.75 Å². The van der Waals surface area contributed by atoms with E-state index in [-0.39, 0.29) is 11.4 Å². The second-order valence-corrected chi connectivity index (χ2v) is 5.00. The lowest BCUT2D eigenvalue weighted by molar-refractivity contribution is -0.131. The van der Waals surface area contributed by atoms with E-state index in [1.807, 2.05) is 0 Å². The van der Waals surface area contributed by atoms with Crippen LogP contribution in [0.2, 0.25) is 0 Å². The highest BCUT2D eigenvalue weighted by Crippen LogP contribution is 2.27. The minimum atomic E-state index is -4.16. The largest absolute Gasteiger partial charge is 0.495 e. The van der Waals surface area contributed by atoms with Crippen molar-refractivity contribution in [3.63, 3.8) is 0 Å². The maximum absolute atomic E-state index is 11.6. The van der Waals surface area contributed by atoms with E-state index in [2.05, 4.69) is 4.18 Å². The van der Waals surface area contributed by atoms with E-state index in [4.69, 9.17) is 10.5 Å². The molecule has 1 aromatic rings. The molecule has 0 aliphatic carbocycles. The molecule has 0 bridgehead atoms. The molecule has 0 unspecified atom stereocenters. The molecule has 18 heavy (non-hydrogen) atoms. The minimum absolute atomic E-state index is 0.259. The van der Waals surface area contributed by atoms with Gasteiger partial charge in [0.15, 0.2) is 0 Å². The molecular weight excluding hydrogens is 260 g/mol. The molecule has 0 saturated heterocycles. The van der Waals surface area contributed by atoms with E-state index in [1.165, 1.54) is 32.4 Å². The number of methoxy groups -OCH3 is 1. The summed E-state index contributed by atoms with van der Waals surface area (Å²) in [4.78, 5) is 10.7. The molecule has 1 aromatic carbocycles. The number of benzene rings is 1. The highest BCUT2D eigenvalue weighted by molar-refractivity contribution is 7.88. The molecule has 0 aliphatic rings. The third kappa shape index (κ3) is 3.04. The Morgan fingerprint density at radius 3 is 2.44 bits per heavy atom. The standard InChI is InChI=1S/C10H14N2O5S/c1-7(13)17-18(14,15)12(2)8-4-5-10(16-3)9(11)6-8/h4-6H,11H2,1-3H3. The second-order valence-electron chi connectivity index (χ2n) is 3.43. The van der Waals surface area contributed by atoms with Gasteiger partial charge in [0, 0.05) is 14.0 Å². The first-order chi connectivity index (χ1) is 8.27. The van der Waals surface area contributed by atoms with Gasteiger partial charge in [-0.1, -0.05) is 0 Å². The number of hydrogen-bond donors (Lipinski definition) is 1. The van der Waals surface area contributed by atoms with Gasteiger partial charge in [-0.2, -0.15) is 8.42 Å². The van der Waals surface area contributed by atoms with Gasteiger partial charge in [-0.3, -0.25) is 4.79 Å². The summed E-state index contributed by atoms with van der Waals surface area (Å²) in [7, 11) is -1.46. The number of nitrogens with zero attached hydrogens (tertiary/aromatic N) is 1. The fourth-order valence-corrected chi connectivity index (χ4v) is 2.03. The smallest absolute Gasteiger partial charge is 0.412 e. The van der Waals surface area contributed by atoms with Crippen LogP contribution in [0.5, 0.6) is 5.75 Å². The van der Waals surface area contributed by atoms with Gasteiger partial charge in [-0.05, 0) is 18.2 Å². The van der Waals surface area contributed by atoms with Crippen molar-refractivity contribution in [2.75, 3.05) is 24.2 Å². The quantitative estimate of drug-likeness (QED) is 0.804. The molecule has 2 N–H and O–H groups in total. The zero-order chi connectivity index (χ0) is 13.9. The summed E-state index contributed by atoms with van der Waals surface area (Å²) in [5.41, 5.74) is 6.20. The van der Waals surface area contributed by atoms with Gasteiger partial charge in [0.2, 0.25) is 0 Å². The maximum atomic E-state index is 11.6. The summed E-state index contributed by atoms with van der Waals surface area (Å²) in [6.07, 6.45) is 0. The van der Waals surface area contributed by atoms with Crippen LogP contribution in [0.4, 0.5) is 11.4 Å². The second kappa shape index (κ2) is 5.13. The van der Waals surface area contributed by atoms with Gasteiger partial charge in [0.25, 0.3) is 0 Å². The topological polar surface area (TPSA) is 98.9 Å². The Morgan fingerprint density at radius 1 is 1.39 bits per heavy atom. The Balaban J connectivity index is 3.08. The van der Waals surface area contributed by atoms with Gasteiger partial charge < -0.3 is 14.7 Å². The Hall–Kier alpha value is -1.96. The lowest BCUT2D eigenvalue weighted by Crippen LogP contribution is -2.29. The molecule has 100 valence electrons. The number of carbonyl (C=O) groups excluding carboxylic acids is 1. The van der Waals surface area contributed by atoms with E-state index in [0.29, 0.717) is 5.75 Å². The molecular formula is C10H14N2O5S. The Morgan fingerprint density at radius 2 is 2.00 bits per heavy atom. The van der Waals surface area contributed by atoms with E-state index in [0.717, 1.165) is 11.2 Å². The highest BCUT2D eigenvalue weighted by atomic mass is 32.2. The van der Waals surface area contributed by atoms with Crippen LogP contribution < -0.4 is 14.8 Å². The van der Waals surface area contributed by atoms with Gasteiger partial charge >= 0.3 is 16.3 Å². The normalized spacial score (nSPS) is 10.8. The van der Waals surface area contributed by atoms with Crippen molar-refractivity contribution in [2.45, 2.75) is 6.92 Å². The van der Waals surface area contributed by atoms with Crippen LogP contribution in [-0.2, 0) is 19.3 Å². The number of carbonyl (C=O) groups is 1. The van der Waals surface area contributed by atoms with Crippen molar-refractivity contribution < 1.29 is 22.1 Å². The van der Waals surface area contributed by atoms with Gasteiger partial charge in [0.05, 0.1) is 18.5 Å². The summed E-state index contributed by atoms with van der Waals surface area (Å²) in [6.45, 7) is 1.01. The number of rotatable bonds is 4. The van der Waals surface area contributed by atoms with Crippen molar-refractivity contribution in [1.82, 2.24) is 0 Å². The average Bonchev–Trinajstić information content (AvgIpc) is 2.26. The first-order valence-corrected chi connectivity index (χ1v) is 6.27. The number of hydrogen-bond acceptors (Lipinski definition) is 6. The van der Waals surface area contributed by atoms with E-state index in [9.17, 15) is 13.2 Å². The monoisotopic (exact) mass is 274 g/mol. The predicted molar refractivity (Wildman–Crippen MR) is 66.5 cm³/mol. The summed E-state index contributed by atoms with van der Waals surface area (Å²) in [5.74, 6) is -0.486. The van der Waals surface area contributed by atoms with E-state index < -0.39 is 16.3 Å². The average molecular weight is 274 g/mol. The molecule has 0 aromatic heterocycles. The fourth-order valence-electron chi connectivity index (χ4n) is 1.25. The van der Waals surface area contributed by atoms with Crippen molar-refractivity contribution in [1.29, 1.82) is 0 Å². The number of nitrogens with two attached hydrogens (primary N) is 1. The number of nitrogen functional groups attached to an aromatic ring is 1. The molecule has 0 radical (unpaired) electrons. The summed E-state index contributed by atoms with van der Waals surface area (Å²) in [5, 5.41) is 0. The fraction of sp³-hybridized carbons (Fsp3) is 0.300. The predicted octanol–water partition coefficient (Wildman–Crippen LogP) is 0.522. The molecule has 0 saturated carbocycles. The Labute approximate surface area is 105 Å². The summed E-state index contributed by atoms with van der Waals surface area (Å²) >= 11 is 0. The van der Waals surface area contributed by atoms with Gasteiger partial charge in [0.1, 0.15) is 5.75 Å². The molecule has 0 aliphatic heterocycles. The van der Waals surface area contributed by atoms with Crippen molar-refractivity contribution >= 4 is 27.6 Å². The molecule has 0 heterocycles. The zero-order valence-electron chi connectivity index (χ0n) is 10.2. The SMILES string of the molecule is COc1ccc(N(C)S(=O)(=O)OC(C)=O)cc1N. The van der Waals surface area contributed by atoms with Crippen LogP contribution in [0.25, 0.3) is 0 Å². The lowest BCUT2D eigenvalue weighted by Gasteiger charge is -2.18. The zero-order valence-corrected chi connectivity index (χ0v) is 11.0. The molecule has 7 nitrogen and oxygen atoms in total. The summed E-state index contributed by atoms with van der Waals surface area (Å²) < 4.78 is 33.2. The van der Waals surface area contributed by atoms with Crippen LogP contribution in [0.1, 0.15) is 6.92 Å². The lowest BCUT2D eigenvalue weighted by atomic mass is 10.2. The Kier molecular flexibility index (Phi) is 4.02. The van der Waals surface area contributed by atoms with Crippen LogP contribution in [0.15, 0.2) is 18.2 Å². The molecule has 8 heteroatoms. The summed E-state index contributed by atoms with van der Waals surface area (Å²) in [6, 6.07) is 4.40. The van der Waals surface area contributed by atoms with Crippen LogP contribution in [0, 0.1) is 0 Å². The Bertz CT molecular complexity index is 555. The molecule has 0 fully saturated rings. The van der Waals surface area contributed by atoms with Gasteiger partial charge in [-0.25, -0.2) is 4.31 Å². The van der Waals surface area contributed by atoms with Crippen molar-refractivity contribution in [2.24, 2.45) is 0 Å². The molecule has 0 spiro atoms. The van der Waals surface area contributed by atoms with E-state index >= 15 is 0 Å². The third-order valence-corrected chi connectivity index (χ3v) is 3.46. The first kappa shape index (κ1) is 14.1. The highest BCUT2D eigenvalue weighted by Gasteiger charge is 2.22. The minimum Gasteiger partial charge on any atom is -0.495 e. The molecule has 0 atom stereocenters. The number of ether oxygens (including phenoxy) is 1. The maximum Gasteiger partial charge on any atom is 0.412 e. The number of anilines is 2. The van der Waals surface area contributed by atoms with Crippen LogP contribution >= 0.6 is 0 Å². The molecule has 1 rings (SSSR count). The van der Waals surface area contributed by atoms with Crippen molar-refractivity contribution in [3.05, 3.63) is 18.2 Å². The van der Waals surface area contributed by atoms with E-state index in [1.54, 1.807) is 0 Å². The van der Waals surface area contributed by atoms with Gasteiger partial charge in [-0.15, -0.1) is 0 Å². The third-order valence-electron chi connectivity index (χ3n) is 2.13. The molecule has 0 amide bonds. The van der Waals surface area contributed by atoms with Crippen LogP contribution in [0.3, 0.4) is 0 Å². The van der Waals surface area contributed by atoms with Crippen LogP contribution in [-0.4, -0.2) is 28.5 Å².